The van der Waals surface area contributed by atoms with Crippen molar-refractivity contribution < 1.29 is 30.9 Å². The third-order valence-electron chi connectivity index (χ3n) is 0.0393. The molecule has 4 N–H and O–H groups in total. The topological polar surface area (TPSA) is 149 Å². The molecule has 0 atom stereocenters. The number of carbonyl (C=O) groups is 1. The Labute approximate surface area is 43.6 Å². The number of hydrogen-bond acceptors (Lipinski definition) is 5. The van der Waals surface area contributed by atoms with E-state index in [1.807, 2.05) is 0 Å². The normalized spacial score (nSPS) is 3.12. The third-order valence-corrected chi connectivity index (χ3v) is 0.0393. The Morgan fingerprint density at radius 3 is 1.62 bits per heavy atom. The van der Waals surface area contributed by atoms with Gasteiger partial charge in [0, 0.05) is 4.96 Å². The molecule has 0 aliphatic heterocycles. The highest BCUT2D eigenvalue weighted by Crippen LogP contribution is 1.22. The number of carbonyl (C=O) groups excluding carboxylic acids is 1. The zero-order chi connectivity index (χ0) is 5.41. The molecule has 0 saturated carbocycles. The van der Waals surface area contributed by atoms with E-state index in [1.165, 1.54) is 0 Å². The van der Waals surface area contributed by atoms with Gasteiger partial charge >= 0.3 is 0 Å². The van der Waals surface area contributed by atoms with Gasteiger partial charge in [0.1, 0.15) is 0 Å². The molecule has 0 rings (SSSR count). The van der Waals surface area contributed by atoms with Gasteiger partial charge in [0.15, 0.2) is 0 Å². The second-order valence-electron chi connectivity index (χ2n) is 0.192. The van der Waals surface area contributed by atoms with Crippen LogP contribution in [-0.4, -0.2) is 22.4 Å². The first-order valence-corrected chi connectivity index (χ1v) is 0.821. The first-order chi connectivity index (χ1) is 2.91. The van der Waals surface area contributed by atoms with E-state index in [9.17, 15) is 0 Å². The second kappa shape index (κ2) is 162. The van der Waals surface area contributed by atoms with Crippen molar-refractivity contribution in [1.82, 2.24) is 0 Å². The molecule has 0 amide bonds. The molecule has 0 bridgehead atoms. The van der Waals surface area contributed by atoms with Crippen LogP contribution in [0.5, 0.6) is 0 Å². The van der Waals surface area contributed by atoms with E-state index in [1.54, 1.807) is 0 Å². The van der Waals surface area contributed by atoms with Crippen molar-refractivity contribution in [2.24, 2.45) is 0 Å². The average Bonchev–Trinajstić information content (AvgIpc) is 1.72. The van der Waals surface area contributed by atoms with Crippen LogP contribution in [0.15, 0.2) is 0 Å². The maximum absolute atomic E-state index is 8.64. The molecule has 0 aromatic carbocycles. The minimum atomic E-state index is -0.181. The monoisotopic (exact) mass is 129 g/mol. The second-order valence-corrected chi connectivity index (χ2v) is 0.192. The average molecular weight is 129 g/mol. The minimum absolute atomic E-state index is 0. The van der Waals surface area contributed by atoms with Gasteiger partial charge in [-0.3, -0.25) is 4.79 Å². The van der Waals surface area contributed by atoms with Crippen LogP contribution in [0.25, 0.3) is 0 Å². The van der Waals surface area contributed by atoms with Gasteiger partial charge in [-0.05, 0) is 0 Å². The Morgan fingerprint density at radius 1 is 1.50 bits per heavy atom. The van der Waals surface area contributed by atoms with E-state index in [4.69, 9.17) is 20.0 Å². The van der Waals surface area contributed by atoms with Crippen molar-refractivity contribution in [1.29, 1.82) is 0 Å². The Hall–Kier alpha value is -1.05. The summed E-state index contributed by atoms with van der Waals surface area (Å²) < 4.78 is 0. The van der Waals surface area contributed by atoms with E-state index in [0.29, 0.717) is 0 Å². The molecule has 52 valence electrons. The molecule has 0 saturated heterocycles. The molecular formula is CH5O7-. The van der Waals surface area contributed by atoms with Gasteiger partial charge in [-0.25, -0.2) is 0 Å². The highest BCUT2D eigenvalue weighted by atomic mass is 17.1. The summed E-state index contributed by atoms with van der Waals surface area (Å²) in [7, 11) is 0. The van der Waals surface area contributed by atoms with Crippen molar-refractivity contribution in [3.05, 3.63) is 4.96 Å². The molecule has 0 aromatic rings. The molecule has 0 radical (unpaired) electrons. The fraction of sp³-hybridized carbons (Fsp3) is 0. The maximum atomic E-state index is 8.64. The molecule has 0 aromatic heterocycles. The minimum Gasteiger partial charge on any atom is -0.870 e. The highest BCUT2D eigenvalue weighted by molar-refractivity contribution is 5.35. The zero-order valence-electron chi connectivity index (χ0n) is 3.60. The maximum Gasteiger partial charge on any atom is 0.287 e. The Morgan fingerprint density at radius 2 is 1.62 bits per heavy atom. The van der Waals surface area contributed by atoms with Crippen molar-refractivity contribution in [2.45, 2.75) is 0 Å². The summed E-state index contributed by atoms with van der Waals surface area (Å²) in [5.74, 6) is 0. The molecule has 0 fully saturated rings. The lowest BCUT2D eigenvalue weighted by Gasteiger charge is -1.88. The van der Waals surface area contributed by atoms with Gasteiger partial charge in [-0.15, -0.1) is 0 Å². The highest BCUT2D eigenvalue weighted by Gasteiger charge is 1.34. The number of rotatable bonds is 1. The van der Waals surface area contributed by atoms with Gasteiger partial charge < -0.3 is 21.1 Å². The van der Waals surface area contributed by atoms with Crippen LogP contribution < -0.4 is 5.26 Å². The fourth-order valence-electron chi connectivity index (χ4n) is 0. The smallest absolute Gasteiger partial charge is 0.287 e. The van der Waals surface area contributed by atoms with Crippen LogP contribution in [0.1, 0.15) is 0 Å². The molecule has 7 nitrogen and oxygen atoms in total. The Balaban J connectivity index is -0.0000000183. The standard InChI is InChI=1S/CH2O3.O2.2H2O/c2-1-4-3;1-2;;/h1,3H;;2*1H2/p-1. The van der Waals surface area contributed by atoms with E-state index in [0.717, 1.165) is 0 Å². The molecule has 0 unspecified atom stereocenters. The molecule has 0 spiro atoms. The summed E-state index contributed by atoms with van der Waals surface area (Å²) in [6.07, 6.45) is 0. The van der Waals surface area contributed by atoms with Crippen LogP contribution in [0, 0.1) is 4.96 Å². The third kappa shape index (κ3) is 30900. The van der Waals surface area contributed by atoms with Crippen LogP contribution in [-0.2, 0) is 9.68 Å². The summed E-state index contributed by atoms with van der Waals surface area (Å²) in [6.45, 7) is -0.181. The summed E-state index contributed by atoms with van der Waals surface area (Å²) >= 11 is 0. The molecule has 7 heteroatoms. The fourth-order valence-corrected chi connectivity index (χ4v) is 0. The summed E-state index contributed by atoms with van der Waals surface area (Å²) in [6, 6.07) is 0. The van der Waals surface area contributed by atoms with E-state index < -0.39 is 0 Å². The van der Waals surface area contributed by atoms with E-state index >= 15 is 0 Å². The molecule has 0 heterocycles. The van der Waals surface area contributed by atoms with Gasteiger partial charge in [-0.1, -0.05) is 0 Å². The summed E-state index contributed by atoms with van der Waals surface area (Å²) in [5, 5.41) is 8.43. The van der Waals surface area contributed by atoms with Crippen LogP contribution in [0.3, 0.4) is 0 Å². The molecule has 8 heavy (non-hydrogen) atoms. The predicted octanol–water partition coefficient (Wildman–Crippen LogP) is -2.71. The van der Waals surface area contributed by atoms with Gasteiger partial charge in [-0.2, -0.15) is 0 Å². The van der Waals surface area contributed by atoms with Gasteiger partial charge in [0.2, 0.25) is 4.96 Å². The largest absolute Gasteiger partial charge is 0.870 e. The van der Waals surface area contributed by atoms with Gasteiger partial charge in [0.05, 0.1) is 0 Å². The van der Waals surface area contributed by atoms with Crippen LogP contribution in [0.2, 0.25) is 0 Å². The van der Waals surface area contributed by atoms with Crippen LogP contribution in [0.4, 0.5) is 0 Å². The predicted molar refractivity (Wildman–Crippen MR) is 18.0 cm³/mol. The quantitative estimate of drug-likeness (QED) is 0.163. The summed E-state index contributed by atoms with van der Waals surface area (Å²) in [5.41, 5.74) is 0. The lowest BCUT2D eigenvalue weighted by atomic mass is 11.7. The Kier molecular flexibility index (Phi) is 571. The molecule has 0 aliphatic carbocycles. The Bertz CT molecular complexity index is 25.6. The van der Waals surface area contributed by atoms with Crippen LogP contribution >= 0.6 is 0 Å². The van der Waals surface area contributed by atoms with Crippen molar-refractivity contribution in [3.8, 4) is 0 Å². The van der Waals surface area contributed by atoms with Crippen molar-refractivity contribution in [3.63, 3.8) is 0 Å². The first kappa shape index (κ1) is 28.3. The van der Waals surface area contributed by atoms with Gasteiger partial charge in [0.25, 0.3) is 6.47 Å². The first-order valence-electron chi connectivity index (χ1n) is 0.821. The lowest BCUT2D eigenvalue weighted by molar-refractivity contribution is -0.652. The lowest BCUT2D eigenvalue weighted by Crippen LogP contribution is -2.00. The molecular weight excluding hydrogens is 124 g/mol. The molecule has 0 aliphatic rings. The van der Waals surface area contributed by atoms with Crippen molar-refractivity contribution >= 4 is 6.47 Å². The summed E-state index contributed by atoms with van der Waals surface area (Å²) in [4.78, 5) is 24.2. The zero-order valence-corrected chi connectivity index (χ0v) is 3.60. The van der Waals surface area contributed by atoms with Crippen molar-refractivity contribution in [2.75, 3.05) is 0 Å². The van der Waals surface area contributed by atoms with E-state index in [-0.39, 0.29) is 17.4 Å². The van der Waals surface area contributed by atoms with E-state index in [2.05, 4.69) is 4.89 Å². The number of hydrogen-bond donors (Lipinski definition) is 0. The SMILES string of the molecule is O.O=CO[O-].O=[OH+].[OH-].